The van der Waals surface area contributed by atoms with Crippen molar-refractivity contribution in [1.29, 1.82) is 0 Å². The number of benzene rings is 5. The second-order valence-corrected chi connectivity index (χ2v) is 15.1. The number of anilines is 1. The van der Waals surface area contributed by atoms with Crippen molar-refractivity contribution in [3.05, 3.63) is 72.3 Å². The van der Waals surface area contributed by atoms with Crippen molar-refractivity contribution in [3.8, 4) is 17.2 Å². The Morgan fingerprint density at radius 1 is 0.723 bits per heavy atom. The first-order valence-corrected chi connectivity index (χ1v) is 17.8. The number of rotatable bonds is 10. The quantitative estimate of drug-likeness (QED) is 0.124. The Balaban J connectivity index is 1.52. The minimum Gasteiger partial charge on any atom is -0.506 e. The van der Waals surface area contributed by atoms with Gasteiger partial charge in [-0.2, -0.15) is 5.11 Å². The molecule has 0 fully saturated rings. The fourth-order valence-corrected chi connectivity index (χ4v) is 7.03. The highest BCUT2D eigenvalue weighted by Crippen LogP contribution is 2.44. The minimum absolute atomic E-state index is 0.00627. The second kappa shape index (κ2) is 13.0. The number of sulfone groups is 2. The Bertz CT molecular complexity index is 2320. The van der Waals surface area contributed by atoms with Crippen LogP contribution in [0.25, 0.3) is 21.5 Å². The molecule has 244 valence electrons. The lowest BCUT2D eigenvalue weighted by Gasteiger charge is -2.11. The Morgan fingerprint density at radius 3 is 2.04 bits per heavy atom. The van der Waals surface area contributed by atoms with E-state index in [1.165, 1.54) is 26.2 Å². The van der Waals surface area contributed by atoms with Crippen LogP contribution in [0.4, 0.5) is 28.4 Å². The van der Waals surface area contributed by atoms with Crippen molar-refractivity contribution in [2.24, 2.45) is 20.5 Å². The molecular formula is C33H33N5O7S2. The van der Waals surface area contributed by atoms with E-state index in [0.29, 0.717) is 27.8 Å². The fourth-order valence-electron chi connectivity index (χ4n) is 5.06. The van der Waals surface area contributed by atoms with Crippen molar-refractivity contribution < 1.29 is 31.8 Å². The smallest absolute Gasteiger partial charge is 0.181 e. The molecule has 0 aliphatic heterocycles. The summed E-state index contributed by atoms with van der Waals surface area (Å²) in [6, 6.07) is 17.6. The number of methoxy groups -OCH3 is 1. The highest BCUT2D eigenvalue weighted by Gasteiger charge is 2.21. The van der Waals surface area contributed by atoms with E-state index < -0.39 is 25.4 Å². The van der Waals surface area contributed by atoms with Crippen LogP contribution in [0.15, 0.2) is 97.0 Å². The number of hydrogen-bond donors (Lipinski definition) is 3. The Morgan fingerprint density at radius 2 is 1.36 bits per heavy atom. The van der Waals surface area contributed by atoms with Gasteiger partial charge in [0, 0.05) is 30.0 Å². The summed E-state index contributed by atoms with van der Waals surface area (Å²) in [4.78, 5) is 0.108. The first-order valence-electron chi connectivity index (χ1n) is 14.5. The maximum Gasteiger partial charge on any atom is 0.181 e. The molecule has 0 bridgehead atoms. The van der Waals surface area contributed by atoms with Crippen LogP contribution in [0, 0.1) is 6.92 Å². The SMILES string of the molecule is CCS(=O)(=O)c1ccc2c(C)c(N=Nc3c(NC)ccc4c(O)c(N=Nc5cc(OC)c(S(=O)(=O)CC)cc5O)ccc34)ccc2c1. The van der Waals surface area contributed by atoms with Gasteiger partial charge in [-0.1, -0.05) is 26.0 Å². The van der Waals surface area contributed by atoms with Crippen molar-refractivity contribution in [2.45, 2.75) is 30.6 Å². The average molecular weight is 676 g/mol. The Hall–Kier alpha value is -5.08. The summed E-state index contributed by atoms with van der Waals surface area (Å²) in [5.41, 5.74) is 2.57. The Kier molecular flexibility index (Phi) is 9.18. The maximum absolute atomic E-state index is 12.4. The lowest BCUT2D eigenvalue weighted by Crippen LogP contribution is -2.05. The van der Waals surface area contributed by atoms with E-state index in [9.17, 15) is 27.0 Å². The molecular weight excluding hydrogens is 643 g/mol. The molecule has 14 heteroatoms. The zero-order valence-corrected chi connectivity index (χ0v) is 27.9. The van der Waals surface area contributed by atoms with Gasteiger partial charge in [-0.05, 0) is 65.7 Å². The number of azo groups is 2. The van der Waals surface area contributed by atoms with E-state index in [2.05, 4.69) is 25.8 Å². The molecule has 12 nitrogen and oxygen atoms in total. The molecule has 0 saturated carbocycles. The highest BCUT2D eigenvalue weighted by molar-refractivity contribution is 7.91. The summed E-state index contributed by atoms with van der Waals surface area (Å²) in [5, 5.41) is 44.6. The molecule has 0 aliphatic carbocycles. The fraction of sp³-hybridized carbons (Fsp3) is 0.212. The molecule has 0 aliphatic rings. The van der Waals surface area contributed by atoms with Gasteiger partial charge >= 0.3 is 0 Å². The molecule has 47 heavy (non-hydrogen) atoms. The van der Waals surface area contributed by atoms with E-state index in [4.69, 9.17) is 4.74 Å². The first-order chi connectivity index (χ1) is 22.3. The molecule has 5 aromatic rings. The lowest BCUT2D eigenvalue weighted by atomic mass is 10.0. The Labute approximate surface area is 272 Å². The number of phenols is 2. The summed E-state index contributed by atoms with van der Waals surface area (Å²) in [6.07, 6.45) is 0. The third kappa shape index (κ3) is 6.33. The summed E-state index contributed by atoms with van der Waals surface area (Å²) >= 11 is 0. The number of ether oxygens (including phenoxy) is 1. The number of phenolic OH excluding ortho intramolecular Hbond substituents is 2. The van der Waals surface area contributed by atoms with Crippen LogP contribution in [0.5, 0.6) is 17.2 Å². The zero-order valence-electron chi connectivity index (χ0n) is 26.3. The van der Waals surface area contributed by atoms with E-state index in [-0.39, 0.29) is 44.2 Å². The molecule has 5 rings (SSSR count). The maximum atomic E-state index is 12.4. The molecule has 0 amide bonds. The number of fused-ring (bicyclic) bond motifs is 2. The number of nitrogens with one attached hydrogen (secondary N) is 1. The molecule has 0 atom stereocenters. The minimum atomic E-state index is -3.67. The zero-order chi connectivity index (χ0) is 34.1. The van der Waals surface area contributed by atoms with Gasteiger partial charge in [0.15, 0.2) is 25.4 Å². The van der Waals surface area contributed by atoms with Crippen LogP contribution in [0.1, 0.15) is 19.4 Å². The molecule has 0 spiro atoms. The van der Waals surface area contributed by atoms with Crippen LogP contribution < -0.4 is 10.1 Å². The van der Waals surface area contributed by atoms with Gasteiger partial charge in [0.2, 0.25) is 0 Å². The highest BCUT2D eigenvalue weighted by atomic mass is 32.2. The van der Waals surface area contributed by atoms with E-state index in [1.54, 1.807) is 62.5 Å². The van der Waals surface area contributed by atoms with Crippen LogP contribution in [0.3, 0.4) is 0 Å². The molecule has 0 saturated heterocycles. The monoisotopic (exact) mass is 675 g/mol. The number of aryl methyl sites for hydroxylation is 1. The summed E-state index contributed by atoms with van der Waals surface area (Å²) < 4.78 is 54.7. The second-order valence-electron chi connectivity index (χ2n) is 10.5. The number of hydrogen-bond acceptors (Lipinski definition) is 12. The number of aromatic hydroxyl groups is 2. The summed E-state index contributed by atoms with van der Waals surface area (Å²) in [6.45, 7) is 4.98. The standard InChI is InChI=1S/C33H33N5O7S2/c1-6-46(41,42)21-9-10-22-19(3)25(13-8-20(22)16-21)35-38-32-23-11-15-27(33(40)24(23)12-14-26(32)34-4)36-37-28-17-30(45-5)31(18-29(28)39)47(43,44)7-2/h8-18,34,39-40H,6-7H2,1-5H3. The van der Waals surface area contributed by atoms with Crippen molar-refractivity contribution >= 4 is 69.7 Å². The first kappa shape index (κ1) is 33.3. The van der Waals surface area contributed by atoms with Crippen LogP contribution in [0.2, 0.25) is 0 Å². The average Bonchev–Trinajstić information content (AvgIpc) is 3.07. The molecule has 0 radical (unpaired) electrons. The topological polar surface area (TPSA) is 179 Å². The largest absolute Gasteiger partial charge is 0.506 e. The van der Waals surface area contributed by atoms with Gasteiger partial charge < -0.3 is 20.3 Å². The van der Waals surface area contributed by atoms with E-state index in [1.807, 2.05) is 6.92 Å². The molecule has 3 N–H and O–H groups in total. The van der Waals surface area contributed by atoms with Crippen LogP contribution in [-0.2, 0) is 19.7 Å². The van der Waals surface area contributed by atoms with Gasteiger partial charge in [0.1, 0.15) is 33.5 Å². The van der Waals surface area contributed by atoms with Crippen molar-refractivity contribution in [2.75, 3.05) is 31.0 Å². The van der Waals surface area contributed by atoms with Crippen molar-refractivity contribution in [1.82, 2.24) is 0 Å². The van der Waals surface area contributed by atoms with E-state index in [0.717, 1.165) is 22.4 Å². The van der Waals surface area contributed by atoms with Gasteiger partial charge in [0.25, 0.3) is 0 Å². The summed E-state index contributed by atoms with van der Waals surface area (Å²) in [5.74, 6) is -0.767. The molecule has 0 heterocycles. The van der Waals surface area contributed by atoms with Crippen LogP contribution >= 0.6 is 0 Å². The molecule has 0 unspecified atom stereocenters. The van der Waals surface area contributed by atoms with Gasteiger partial charge in [-0.3, -0.25) is 0 Å². The van der Waals surface area contributed by atoms with Gasteiger partial charge in [-0.15, -0.1) is 15.3 Å². The van der Waals surface area contributed by atoms with E-state index >= 15 is 0 Å². The number of nitrogens with zero attached hydrogens (tertiary/aromatic N) is 4. The third-order valence-corrected chi connectivity index (χ3v) is 11.3. The molecule has 5 aromatic carbocycles. The van der Waals surface area contributed by atoms with Crippen molar-refractivity contribution in [3.63, 3.8) is 0 Å². The van der Waals surface area contributed by atoms with Gasteiger partial charge in [0.05, 0.1) is 34.9 Å². The molecule has 0 aromatic heterocycles. The lowest BCUT2D eigenvalue weighted by molar-refractivity contribution is 0.399. The summed E-state index contributed by atoms with van der Waals surface area (Å²) in [7, 11) is -3.96. The van der Waals surface area contributed by atoms with Crippen LogP contribution in [-0.4, -0.2) is 52.7 Å². The normalized spacial score (nSPS) is 12.4. The third-order valence-electron chi connectivity index (χ3n) is 7.86. The predicted molar refractivity (Wildman–Crippen MR) is 182 cm³/mol. The predicted octanol–water partition coefficient (Wildman–Crippen LogP) is 8.18. The van der Waals surface area contributed by atoms with Gasteiger partial charge in [-0.25, -0.2) is 16.8 Å².